The van der Waals surface area contributed by atoms with Crippen LogP contribution in [-0.4, -0.2) is 59.7 Å². The topological polar surface area (TPSA) is 126 Å². The molecule has 9 nitrogen and oxygen atoms in total. The van der Waals surface area contributed by atoms with Crippen molar-refractivity contribution in [3.63, 3.8) is 0 Å². The van der Waals surface area contributed by atoms with Crippen molar-refractivity contribution in [1.29, 1.82) is 0 Å². The van der Waals surface area contributed by atoms with Crippen LogP contribution in [0.4, 0.5) is 0 Å². The van der Waals surface area contributed by atoms with E-state index in [-0.39, 0.29) is 31.2 Å². The highest BCUT2D eigenvalue weighted by atomic mass is 32.3. The highest BCUT2D eigenvalue weighted by Crippen LogP contribution is 2.58. The number of hydrogen-bond acceptors (Lipinski definition) is 9. The number of rotatable bonds is 13. The van der Waals surface area contributed by atoms with Crippen molar-refractivity contribution in [3.8, 4) is 5.75 Å². The lowest BCUT2D eigenvalue weighted by atomic mass is 9.88. The zero-order valence-electron chi connectivity index (χ0n) is 24.2. The zero-order chi connectivity index (χ0) is 29.3. The summed E-state index contributed by atoms with van der Waals surface area (Å²) in [5.41, 5.74) is 2.01. The van der Waals surface area contributed by atoms with Gasteiger partial charge in [0.15, 0.2) is 0 Å². The normalized spacial score (nSPS) is 20.8. The van der Waals surface area contributed by atoms with Gasteiger partial charge in [-0.2, -0.15) is 10.6 Å². The summed E-state index contributed by atoms with van der Waals surface area (Å²) in [5, 5.41) is 7.08. The van der Waals surface area contributed by atoms with Gasteiger partial charge in [0, 0.05) is 29.3 Å². The molecule has 0 unspecified atom stereocenters. The van der Waals surface area contributed by atoms with E-state index >= 15 is 0 Å². The van der Waals surface area contributed by atoms with Crippen LogP contribution < -0.4 is 15.4 Å². The van der Waals surface area contributed by atoms with Gasteiger partial charge in [-0.1, -0.05) is 57.0 Å². The molecule has 40 heavy (non-hydrogen) atoms. The van der Waals surface area contributed by atoms with Crippen molar-refractivity contribution in [3.05, 3.63) is 59.2 Å². The highest BCUT2D eigenvalue weighted by Gasteiger charge is 2.42. The third-order valence-corrected chi connectivity index (χ3v) is 9.70. The van der Waals surface area contributed by atoms with Gasteiger partial charge in [-0.15, -0.1) is 0 Å². The van der Waals surface area contributed by atoms with Crippen LogP contribution in [-0.2, 0) is 25.6 Å². The second kappa shape index (κ2) is 14.3. The molecule has 3 rings (SSSR count). The fourth-order valence-electron chi connectivity index (χ4n) is 5.33. The minimum atomic E-state index is -3.20. The number of carbonyl (C=O) groups excluding carboxylic acids is 2. The van der Waals surface area contributed by atoms with Gasteiger partial charge < -0.3 is 19.5 Å². The molecule has 0 radical (unpaired) electrons. The Labute approximate surface area is 239 Å². The van der Waals surface area contributed by atoms with Crippen molar-refractivity contribution in [2.24, 2.45) is 0 Å². The fraction of sp³-hybridized carbons (Fsp3) is 0.533. The van der Waals surface area contributed by atoms with Gasteiger partial charge in [-0.25, -0.2) is 0 Å². The van der Waals surface area contributed by atoms with Gasteiger partial charge in [0.05, 0.1) is 50.9 Å². The first kappa shape index (κ1) is 31.9. The quantitative estimate of drug-likeness (QED) is 0.231. The Balaban J connectivity index is 2.08. The molecule has 10 heteroatoms. The second-order valence-electron chi connectivity index (χ2n) is 10.4. The van der Waals surface area contributed by atoms with E-state index in [1.165, 1.54) is 14.2 Å². The Hall–Kier alpha value is -2.63. The van der Waals surface area contributed by atoms with E-state index in [1.807, 2.05) is 36.4 Å². The average Bonchev–Trinajstić information content (AvgIpc) is 3.06. The largest absolute Gasteiger partial charge is 0.496 e. The van der Waals surface area contributed by atoms with Crippen LogP contribution in [0.25, 0.3) is 0 Å². The van der Waals surface area contributed by atoms with E-state index in [1.54, 1.807) is 13.2 Å². The molecular formula is C30H44N2O7S. The summed E-state index contributed by atoms with van der Waals surface area (Å²) in [6.45, 7) is 4.46. The van der Waals surface area contributed by atoms with Crippen molar-refractivity contribution < 1.29 is 32.9 Å². The molecule has 0 bridgehead atoms. The van der Waals surface area contributed by atoms with Crippen LogP contribution in [0.2, 0.25) is 0 Å². The van der Waals surface area contributed by atoms with E-state index < -0.39 is 34.1 Å². The Kier molecular flexibility index (Phi) is 11.4. The van der Waals surface area contributed by atoms with E-state index in [9.17, 15) is 18.7 Å². The number of carbonyl (C=O) groups is 2. The first-order valence-corrected chi connectivity index (χ1v) is 15.5. The molecular weight excluding hydrogens is 532 g/mol. The summed E-state index contributed by atoms with van der Waals surface area (Å²) < 4.78 is 38.8. The van der Waals surface area contributed by atoms with Crippen molar-refractivity contribution in [2.45, 2.75) is 81.4 Å². The third-order valence-electron chi connectivity index (χ3n) is 7.69. The molecule has 222 valence electrons. The molecule has 0 fully saturated rings. The number of unbranched alkanes of at least 4 members (excludes halogenated alkanes) is 1. The Morgan fingerprint density at radius 1 is 1.07 bits per heavy atom. The number of methoxy groups -OCH3 is 3. The number of hydrogen-bond donors (Lipinski definition) is 4. The monoisotopic (exact) mass is 576 g/mol. The molecule has 1 heterocycles. The number of nitrogens with one attached hydrogen (secondary N) is 2. The van der Waals surface area contributed by atoms with Gasteiger partial charge in [0.1, 0.15) is 5.75 Å². The minimum absolute atomic E-state index is 0.0233. The molecule has 4 N–H and O–H groups in total. The smallest absolute Gasteiger partial charge is 0.307 e. The molecule has 2 aromatic carbocycles. The highest BCUT2D eigenvalue weighted by molar-refractivity contribution is 8.24. The van der Waals surface area contributed by atoms with Gasteiger partial charge in [-0.05, 0) is 30.5 Å². The lowest BCUT2D eigenvalue weighted by Gasteiger charge is -2.42. The van der Waals surface area contributed by atoms with Crippen LogP contribution in [0.1, 0.15) is 75.1 Å². The maximum absolute atomic E-state index is 12.0. The van der Waals surface area contributed by atoms with Gasteiger partial charge in [0.2, 0.25) is 0 Å². The van der Waals surface area contributed by atoms with Crippen LogP contribution in [0, 0.1) is 0 Å². The number of fused-ring (bicyclic) bond motifs is 1. The van der Waals surface area contributed by atoms with E-state index in [2.05, 4.69) is 24.5 Å². The first-order valence-electron chi connectivity index (χ1n) is 13.8. The number of esters is 2. The summed E-state index contributed by atoms with van der Waals surface area (Å²) in [4.78, 5) is 24.4. The average molecular weight is 577 g/mol. The summed E-state index contributed by atoms with van der Waals surface area (Å²) >= 11 is 0. The van der Waals surface area contributed by atoms with Crippen LogP contribution in [0.15, 0.2) is 47.4 Å². The predicted octanol–water partition coefficient (Wildman–Crippen LogP) is 5.42. The predicted molar refractivity (Wildman–Crippen MR) is 157 cm³/mol. The summed E-state index contributed by atoms with van der Waals surface area (Å²) in [7, 11) is 0.972. The molecule has 0 saturated heterocycles. The fourth-order valence-corrected chi connectivity index (χ4v) is 7.57. The van der Waals surface area contributed by atoms with E-state index in [4.69, 9.17) is 14.2 Å². The van der Waals surface area contributed by atoms with Crippen molar-refractivity contribution in [1.82, 2.24) is 10.6 Å². The first-order chi connectivity index (χ1) is 19.1. The molecule has 0 amide bonds. The lowest BCUT2D eigenvalue weighted by Crippen LogP contribution is -2.49. The van der Waals surface area contributed by atoms with Crippen LogP contribution in [0.3, 0.4) is 0 Å². The van der Waals surface area contributed by atoms with E-state index in [0.29, 0.717) is 16.2 Å². The molecule has 1 aliphatic rings. The molecule has 1 aliphatic heterocycles. The maximum Gasteiger partial charge on any atom is 0.307 e. The molecule has 0 aliphatic carbocycles. The van der Waals surface area contributed by atoms with Crippen molar-refractivity contribution >= 4 is 22.5 Å². The lowest BCUT2D eigenvalue weighted by molar-refractivity contribution is -0.143. The van der Waals surface area contributed by atoms with E-state index in [0.717, 1.165) is 36.8 Å². The Morgan fingerprint density at radius 3 is 2.27 bits per heavy atom. The molecule has 0 aromatic heterocycles. The third kappa shape index (κ3) is 7.76. The van der Waals surface area contributed by atoms with Gasteiger partial charge in [-0.3, -0.25) is 24.0 Å². The van der Waals surface area contributed by atoms with Gasteiger partial charge >= 0.3 is 11.9 Å². The molecule has 2 aromatic rings. The standard InChI is InChI=1S/C30H44N2O7S/c1-6-8-14-30(7-2)20-40(35,36)26-15-22(19-31-23(16-27(33)38-4)17-28(34)39-5)25(37-3)18-24(26)29(32-30)21-12-10-9-11-13-21/h9-13,15,18,23,29,31-32,35-36H,6-8,14,16-17,19-20H2,1-5H3/t29-,30-/m1/s1. The minimum Gasteiger partial charge on any atom is -0.496 e. The second-order valence-corrected chi connectivity index (χ2v) is 12.4. The van der Waals surface area contributed by atoms with Crippen LogP contribution >= 0.6 is 10.6 Å². The van der Waals surface area contributed by atoms with Crippen molar-refractivity contribution in [2.75, 3.05) is 27.1 Å². The Morgan fingerprint density at radius 2 is 1.73 bits per heavy atom. The Bertz CT molecular complexity index is 1130. The van der Waals surface area contributed by atoms with Crippen LogP contribution in [0.5, 0.6) is 5.75 Å². The number of benzene rings is 2. The summed E-state index contributed by atoms with van der Waals surface area (Å²) in [5.74, 6) is -0.135. The SMILES string of the molecule is CCCC[C@]1(CC)CS(O)(O)c2cc(CNC(CC(=O)OC)CC(=O)OC)c(OC)cc2[C@@H](c2ccccc2)N1. The van der Waals surface area contributed by atoms with Gasteiger partial charge in [0.25, 0.3) is 0 Å². The maximum atomic E-state index is 12.0. The molecule has 0 saturated carbocycles. The summed E-state index contributed by atoms with van der Waals surface area (Å²) in [6.07, 6.45) is 3.49. The summed E-state index contributed by atoms with van der Waals surface area (Å²) in [6, 6.07) is 12.9. The molecule has 0 spiro atoms. The molecule has 2 atom stereocenters. The zero-order valence-corrected chi connectivity index (χ0v) is 25.0. The number of ether oxygens (including phenoxy) is 3.